The first kappa shape index (κ1) is 19.4. The first-order valence-electron chi connectivity index (χ1n) is 9.08. The predicted molar refractivity (Wildman–Crippen MR) is 107 cm³/mol. The standard InChI is InChI=1S/C20H25N3O3S/c1-12-11-16(5-6-17(12)26-4)18-13(2)27-20(21-18)22-19(25)15-7-9-23(10-8-15)14(3)24/h5-6,11,15H,7-10H2,1-4H3,(H,21,22,25). The Morgan fingerprint density at radius 3 is 2.56 bits per heavy atom. The number of methoxy groups -OCH3 is 1. The summed E-state index contributed by atoms with van der Waals surface area (Å²) in [6.07, 6.45) is 1.39. The molecule has 1 aromatic carbocycles. The maximum absolute atomic E-state index is 12.6. The third-order valence-corrected chi connectivity index (χ3v) is 5.89. The largest absolute Gasteiger partial charge is 0.496 e. The number of benzene rings is 1. The van der Waals surface area contributed by atoms with Gasteiger partial charge in [-0.3, -0.25) is 9.59 Å². The van der Waals surface area contributed by atoms with Crippen LogP contribution in [0, 0.1) is 19.8 Å². The van der Waals surface area contributed by atoms with Gasteiger partial charge in [0.15, 0.2) is 5.13 Å². The van der Waals surface area contributed by atoms with Gasteiger partial charge in [0, 0.05) is 36.4 Å². The molecule has 6 nitrogen and oxygen atoms in total. The lowest BCUT2D eigenvalue weighted by atomic mass is 9.96. The molecule has 0 atom stereocenters. The van der Waals surface area contributed by atoms with Crippen molar-refractivity contribution >= 4 is 28.3 Å². The van der Waals surface area contributed by atoms with E-state index < -0.39 is 0 Å². The molecule has 1 N–H and O–H groups in total. The average Bonchev–Trinajstić information content (AvgIpc) is 3.01. The maximum Gasteiger partial charge on any atom is 0.229 e. The normalized spacial score (nSPS) is 14.9. The summed E-state index contributed by atoms with van der Waals surface area (Å²) in [5, 5.41) is 3.58. The Kier molecular flexibility index (Phi) is 5.79. The van der Waals surface area contributed by atoms with Crippen LogP contribution in [0.4, 0.5) is 5.13 Å². The highest BCUT2D eigenvalue weighted by Crippen LogP contribution is 2.33. The number of hydrogen-bond donors (Lipinski definition) is 1. The minimum atomic E-state index is -0.0727. The number of carbonyl (C=O) groups is 2. The fourth-order valence-corrected chi connectivity index (χ4v) is 4.25. The molecule has 2 heterocycles. The van der Waals surface area contributed by atoms with Crippen LogP contribution in [0.3, 0.4) is 0 Å². The molecule has 0 aliphatic carbocycles. The number of rotatable bonds is 4. The van der Waals surface area contributed by atoms with E-state index in [1.54, 1.807) is 18.9 Å². The van der Waals surface area contributed by atoms with Gasteiger partial charge in [0.25, 0.3) is 0 Å². The van der Waals surface area contributed by atoms with Gasteiger partial charge in [0.05, 0.1) is 12.8 Å². The van der Waals surface area contributed by atoms with Crippen molar-refractivity contribution in [2.75, 3.05) is 25.5 Å². The Morgan fingerprint density at radius 2 is 1.96 bits per heavy atom. The van der Waals surface area contributed by atoms with Crippen molar-refractivity contribution in [3.63, 3.8) is 0 Å². The van der Waals surface area contributed by atoms with Crippen molar-refractivity contribution in [3.8, 4) is 17.0 Å². The molecule has 1 saturated heterocycles. The molecule has 1 aromatic heterocycles. The zero-order valence-corrected chi connectivity index (χ0v) is 17.0. The molecule has 3 rings (SSSR count). The first-order valence-corrected chi connectivity index (χ1v) is 9.89. The second-order valence-electron chi connectivity index (χ2n) is 6.88. The number of hydrogen-bond acceptors (Lipinski definition) is 5. The summed E-state index contributed by atoms with van der Waals surface area (Å²) in [4.78, 5) is 31.5. The summed E-state index contributed by atoms with van der Waals surface area (Å²) in [7, 11) is 1.66. The van der Waals surface area contributed by atoms with E-state index >= 15 is 0 Å². The van der Waals surface area contributed by atoms with Crippen LogP contribution in [-0.2, 0) is 9.59 Å². The highest BCUT2D eigenvalue weighted by Gasteiger charge is 2.26. The zero-order valence-electron chi connectivity index (χ0n) is 16.2. The van der Waals surface area contributed by atoms with Crippen LogP contribution in [0.5, 0.6) is 5.75 Å². The van der Waals surface area contributed by atoms with Crippen molar-refractivity contribution in [2.24, 2.45) is 5.92 Å². The second kappa shape index (κ2) is 8.08. The van der Waals surface area contributed by atoms with Crippen molar-refractivity contribution in [2.45, 2.75) is 33.6 Å². The van der Waals surface area contributed by atoms with Gasteiger partial charge >= 0.3 is 0 Å². The Hall–Kier alpha value is -2.41. The minimum absolute atomic E-state index is 0.00980. The minimum Gasteiger partial charge on any atom is -0.496 e. The lowest BCUT2D eigenvalue weighted by Gasteiger charge is -2.30. The van der Waals surface area contributed by atoms with Gasteiger partial charge in [-0.2, -0.15) is 0 Å². The second-order valence-corrected chi connectivity index (χ2v) is 8.08. The van der Waals surface area contributed by atoms with E-state index in [1.807, 2.05) is 32.0 Å². The SMILES string of the molecule is COc1ccc(-c2nc(NC(=O)C3CCN(C(C)=O)CC3)sc2C)cc1C. The molecule has 0 radical (unpaired) electrons. The average molecular weight is 388 g/mol. The summed E-state index contributed by atoms with van der Waals surface area (Å²) < 4.78 is 5.31. The summed E-state index contributed by atoms with van der Waals surface area (Å²) in [6, 6.07) is 5.96. The molecular formula is C20H25N3O3S. The van der Waals surface area contributed by atoms with Crippen molar-refractivity contribution in [1.82, 2.24) is 9.88 Å². The van der Waals surface area contributed by atoms with E-state index in [1.165, 1.54) is 11.3 Å². The Balaban J connectivity index is 1.69. The van der Waals surface area contributed by atoms with Crippen molar-refractivity contribution < 1.29 is 14.3 Å². The molecule has 0 spiro atoms. The summed E-state index contributed by atoms with van der Waals surface area (Å²) in [6.45, 7) is 6.86. The molecule has 0 unspecified atom stereocenters. The number of nitrogens with one attached hydrogen (secondary N) is 1. The highest BCUT2D eigenvalue weighted by molar-refractivity contribution is 7.16. The number of anilines is 1. The highest BCUT2D eigenvalue weighted by atomic mass is 32.1. The number of aryl methyl sites for hydroxylation is 2. The van der Waals surface area contributed by atoms with Crippen LogP contribution in [0.25, 0.3) is 11.3 Å². The number of likely N-dealkylation sites (tertiary alicyclic amines) is 1. The van der Waals surface area contributed by atoms with E-state index in [9.17, 15) is 9.59 Å². The molecule has 0 saturated carbocycles. The van der Waals surface area contributed by atoms with Gasteiger partial charge in [-0.1, -0.05) is 0 Å². The number of piperidine rings is 1. The van der Waals surface area contributed by atoms with Gasteiger partial charge in [-0.25, -0.2) is 4.98 Å². The number of carbonyl (C=O) groups excluding carboxylic acids is 2. The molecule has 1 aliphatic rings. The predicted octanol–water partition coefficient (Wildman–Crippen LogP) is 3.63. The van der Waals surface area contributed by atoms with E-state index in [-0.39, 0.29) is 17.7 Å². The van der Waals surface area contributed by atoms with E-state index in [0.29, 0.717) is 31.1 Å². The van der Waals surface area contributed by atoms with Crippen LogP contribution >= 0.6 is 11.3 Å². The Labute approximate surface area is 163 Å². The third-order valence-electron chi connectivity index (χ3n) is 5.01. The van der Waals surface area contributed by atoms with E-state index in [0.717, 1.165) is 27.4 Å². The lowest BCUT2D eigenvalue weighted by molar-refractivity contribution is -0.132. The number of aromatic nitrogens is 1. The molecule has 27 heavy (non-hydrogen) atoms. The molecule has 2 amide bonds. The number of thiazole rings is 1. The van der Waals surface area contributed by atoms with E-state index in [2.05, 4.69) is 10.3 Å². The number of amides is 2. The first-order chi connectivity index (χ1) is 12.9. The van der Waals surface area contributed by atoms with Gasteiger partial charge in [0.2, 0.25) is 11.8 Å². The Bertz CT molecular complexity index is 854. The van der Waals surface area contributed by atoms with Crippen LogP contribution in [0.15, 0.2) is 18.2 Å². The maximum atomic E-state index is 12.6. The molecule has 0 bridgehead atoms. The summed E-state index contributed by atoms with van der Waals surface area (Å²) in [5.74, 6) is 0.835. The third kappa shape index (κ3) is 4.30. The molecule has 1 fully saturated rings. The molecule has 144 valence electrons. The van der Waals surface area contributed by atoms with Crippen molar-refractivity contribution in [3.05, 3.63) is 28.6 Å². The fourth-order valence-electron chi connectivity index (χ4n) is 3.41. The van der Waals surface area contributed by atoms with Crippen LogP contribution in [0.1, 0.15) is 30.2 Å². The zero-order chi connectivity index (χ0) is 19.6. The van der Waals surface area contributed by atoms with Gasteiger partial charge in [-0.15, -0.1) is 11.3 Å². The van der Waals surface area contributed by atoms with Crippen LogP contribution in [-0.4, -0.2) is 41.9 Å². The van der Waals surface area contributed by atoms with E-state index in [4.69, 9.17) is 4.74 Å². The molecule has 2 aromatic rings. The van der Waals surface area contributed by atoms with Gasteiger partial charge in [0.1, 0.15) is 5.75 Å². The Morgan fingerprint density at radius 1 is 1.26 bits per heavy atom. The molecule has 7 heteroatoms. The summed E-state index contributed by atoms with van der Waals surface area (Å²) in [5.41, 5.74) is 2.94. The number of nitrogens with zero attached hydrogens (tertiary/aromatic N) is 2. The van der Waals surface area contributed by atoms with Gasteiger partial charge in [-0.05, 0) is 50.5 Å². The number of ether oxygens (including phenoxy) is 1. The van der Waals surface area contributed by atoms with Crippen LogP contribution < -0.4 is 10.1 Å². The molecule has 1 aliphatic heterocycles. The van der Waals surface area contributed by atoms with Crippen molar-refractivity contribution in [1.29, 1.82) is 0 Å². The summed E-state index contributed by atoms with van der Waals surface area (Å²) >= 11 is 1.48. The molecular weight excluding hydrogens is 362 g/mol. The monoisotopic (exact) mass is 387 g/mol. The quantitative estimate of drug-likeness (QED) is 0.870. The van der Waals surface area contributed by atoms with Crippen LogP contribution in [0.2, 0.25) is 0 Å². The topological polar surface area (TPSA) is 71.5 Å². The van der Waals surface area contributed by atoms with Gasteiger partial charge < -0.3 is 15.0 Å². The lowest BCUT2D eigenvalue weighted by Crippen LogP contribution is -2.40. The fraction of sp³-hybridized carbons (Fsp3) is 0.450. The smallest absolute Gasteiger partial charge is 0.229 e.